The number of nitrogens with one attached hydrogen (secondary N) is 1. The lowest BCUT2D eigenvalue weighted by molar-refractivity contribution is 0.987. The fourth-order valence-electron chi connectivity index (χ4n) is 1.81. The zero-order valence-electron chi connectivity index (χ0n) is 10.3. The van der Waals surface area contributed by atoms with E-state index in [1.165, 1.54) is 16.9 Å². The Kier molecular flexibility index (Phi) is 2.96. The Morgan fingerprint density at radius 2 is 2.16 bits per heavy atom. The molecule has 0 saturated heterocycles. The van der Waals surface area contributed by atoms with Crippen molar-refractivity contribution in [1.29, 1.82) is 0 Å². The van der Waals surface area contributed by atoms with E-state index in [9.17, 15) is 0 Å². The smallest absolute Gasteiger partial charge is 0.203 e. The van der Waals surface area contributed by atoms with E-state index in [1.807, 2.05) is 25.1 Å². The van der Waals surface area contributed by atoms with E-state index >= 15 is 0 Å². The summed E-state index contributed by atoms with van der Waals surface area (Å²) in [4.78, 5) is 8.53. The molecule has 0 bridgehead atoms. The van der Waals surface area contributed by atoms with E-state index in [2.05, 4.69) is 25.5 Å². The van der Waals surface area contributed by atoms with Gasteiger partial charge in [-0.2, -0.15) is 0 Å². The fourth-order valence-corrected chi connectivity index (χ4v) is 2.35. The lowest BCUT2D eigenvalue weighted by Gasteiger charge is -2.06. The monoisotopic (exact) mass is 272 g/mol. The Morgan fingerprint density at radius 1 is 1.26 bits per heavy atom. The molecule has 0 unspecified atom stereocenters. The number of hydrogen-bond acceptors (Lipinski definition) is 7. The third-order valence-corrected chi connectivity index (χ3v) is 3.43. The number of nitrogens with zero attached hydrogens (tertiary/aromatic N) is 4. The molecular formula is C12H12N6S. The molecule has 6 nitrogen and oxygen atoms in total. The van der Waals surface area contributed by atoms with Crippen LogP contribution in [0.3, 0.4) is 0 Å². The highest BCUT2D eigenvalue weighted by molar-refractivity contribution is 7.15. The molecule has 19 heavy (non-hydrogen) atoms. The van der Waals surface area contributed by atoms with Crippen molar-refractivity contribution in [2.24, 2.45) is 0 Å². The molecular weight excluding hydrogens is 260 g/mol. The quantitative estimate of drug-likeness (QED) is 0.757. The van der Waals surface area contributed by atoms with Crippen LogP contribution in [-0.2, 0) is 6.54 Å². The van der Waals surface area contributed by atoms with Crippen LogP contribution in [0.25, 0.3) is 10.9 Å². The number of benzene rings is 1. The predicted octanol–water partition coefficient (Wildman–Crippen LogP) is 1.98. The molecule has 0 fully saturated rings. The molecule has 0 aliphatic carbocycles. The van der Waals surface area contributed by atoms with E-state index in [0.29, 0.717) is 11.7 Å². The van der Waals surface area contributed by atoms with Crippen molar-refractivity contribution in [1.82, 2.24) is 20.2 Å². The van der Waals surface area contributed by atoms with E-state index in [0.717, 1.165) is 21.7 Å². The molecule has 0 spiro atoms. The minimum Gasteiger partial charge on any atom is -0.374 e. The fraction of sp³-hybridized carbons (Fsp3) is 0.167. The van der Waals surface area contributed by atoms with Gasteiger partial charge in [0.1, 0.15) is 17.2 Å². The number of fused-ring (bicyclic) bond motifs is 1. The second-order valence-electron chi connectivity index (χ2n) is 4.13. The van der Waals surface area contributed by atoms with E-state index in [1.54, 1.807) is 6.33 Å². The van der Waals surface area contributed by atoms with Gasteiger partial charge in [0.2, 0.25) is 5.13 Å². The molecule has 3 aromatic rings. The van der Waals surface area contributed by atoms with Crippen molar-refractivity contribution in [2.45, 2.75) is 13.5 Å². The predicted molar refractivity (Wildman–Crippen MR) is 75.9 cm³/mol. The number of aryl methyl sites for hydroxylation is 1. The summed E-state index contributed by atoms with van der Waals surface area (Å²) in [7, 11) is 0. The maximum atomic E-state index is 5.55. The number of nitrogen functional groups attached to an aromatic ring is 1. The number of hydrogen-bond donors (Lipinski definition) is 2. The maximum absolute atomic E-state index is 5.55. The van der Waals surface area contributed by atoms with Crippen LogP contribution in [0.1, 0.15) is 10.6 Å². The SMILES string of the molecule is Cc1ccc2c(NCc3nnc(N)s3)ncnc2c1. The number of nitrogens with two attached hydrogens (primary N) is 1. The zero-order valence-corrected chi connectivity index (χ0v) is 11.1. The van der Waals surface area contributed by atoms with Gasteiger partial charge in [-0.3, -0.25) is 0 Å². The Bertz CT molecular complexity index is 723. The van der Waals surface area contributed by atoms with Crippen LogP contribution in [0, 0.1) is 6.92 Å². The molecule has 2 aromatic heterocycles. The molecule has 96 valence electrons. The molecule has 7 heteroatoms. The third kappa shape index (κ3) is 2.45. The van der Waals surface area contributed by atoms with Gasteiger partial charge in [0.05, 0.1) is 12.1 Å². The second kappa shape index (κ2) is 4.77. The summed E-state index contributed by atoms with van der Waals surface area (Å²) < 4.78 is 0. The molecule has 0 atom stereocenters. The summed E-state index contributed by atoms with van der Waals surface area (Å²) in [6.45, 7) is 2.59. The molecule has 2 heterocycles. The average molecular weight is 272 g/mol. The van der Waals surface area contributed by atoms with Crippen LogP contribution in [-0.4, -0.2) is 20.2 Å². The largest absolute Gasteiger partial charge is 0.374 e. The zero-order chi connectivity index (χ0) is 13.2. The maximum Gasteiger partial charge on any atom is 0.203 e. The van der Waals surface area contributed by atoms with Crippen LogP contribution in [0.2, 0.25) is 0 Å². The lowest BCUT2D eigenvalue weighted by Crippen LogP contribution is -2.02. The topological polar surface area (TPSA) is 89.6 Å². The van der Waals surface area contributed by atoms with Crippen molar-refractivity contribution >= 4 is 33.2 Å². The molecule has 0 amide bonds. The van der Waals surface area contributed by atoms with Crippen molar-refractivity contribution in [3.63, 3.8) is 0 Å². The second-order valence-corrected chi connectivity index (χ2v) is 5.22. The Hall–Kier alpha value is -2.28. The molecule has 0 radical (unpaired) electrons. The minimum absolute atomic E-state index is 0.472. The first-order valence-electron chi connectivity index (χ1n) is 5.75. The highest BCUT2D eigenvalue weighted by Crippen LogP contribution is 2.21. The molecule has 3 rings (SSSR count). The number of anilines is 2. The molecule has 0 saturated carbocycles. The van der Waals surface area contributed by atoms with Gasteiger partial charge >= 0.3 is 0 Å². The first kappa shape index (κ1) is 11.8. The highest BCUT2D eigenvalue weighted by Gasteiger charge is 2.05. The van der Waals surface area contributed by atoms with Crippen LogP contribution in [0.5, 0.6) is 0 Å². The van der Waals surface area contributed by atoms with Gasteiger partial charge in [-0.05, 0) is 24.6 Å². The van der Waals surface area contributed by atoms with Gasteiger partial charge in [0.15, 0.2) is 0 Å². The van der Waals surface area contributed by atoms with Crippen molar-refractivity contribution in [2.75, 3.05) is 11.1 Å². The van der Waals surface area contributed by atoms with Gasteiger partial charge in [-0.25, -0.2) is 9.97 Å². The molecule has 0 aliphatic rings. The van der Waals surface area contributed by atoms with Crippen molar-refractivity contribution < 1.29 is 0 Å². The lowest BCUT2D eigenvalue weighted by atomic mass is 10.1. The first-order valence-corrected chi connectivity index (χ1v) is 6.57. The third-order valence-electron chi connectivity index (χ3n) is 2.68. The van der Waals surface area contributed by atoms with E-state index in [4.69, 9.17) is 5.73 Å². The molecule has 0 aliphatic heterocycles. The minimum atomic E-state index is 0.472. The van der Waals surface area contributed by atoms with Gasteiger partial charge in [0.25, 0.3) is 0 Å². The van der Waals surface area contributed by atoms with Gasteiger partial charge in [-0.15, -0.1) is 10.2 Å². The van der Waals surface area contributed by atoms with Gasteiger partial charge < -0.3 is 11.1 Å². The van der Waals surface area contributed by atoms with Crippen molar-refractivity contribution in [3.8, 4) is 0 Å². The summed E-state index contributed by atoms with van der Waals surface area (Å²) in [5, 5.41) is 13.3. The van der Waals surface area contributed by atoms with E-state index < -0.39 is 0 Å². The first-order chi connectivity index (χ1) is 9.22. The highest BCUT2D eigenvalue weighted by atomic mass is 32.1. The normalized spacial score (nSPS) is 10.8. The van der Waals surface area contributed by atoms with Crippen molar-refractivity contribution in [3.05, 3.63) is 35.1 Å². The Morgan fingerprint density at radius 3 is 2.95 bits per heavy atom. The van der Waals surface area contributed by atoms with Crippen LogP contribution in [0.15, 0.2) is 24.5 Å². The number of rotatable bonds is 3. The summed E-state index contributed by atoms with van der Waals surface area (Å²) in [5.41, 5.74) is 7.65. The van der Waals surface area contributed by atoms with Crippen LogP contribution < -0.4 is 11.1 Å². The average Bonchev–Trinajstić information content (AvgIpc) is 2.81. The summed E-state index contributed by atoms with van der Waals surface area (Å²) in [6.07, 6.45) is 1.55. The van der Waals surface area contributed by atoms with E-state index in [-0.39, 0.29) is 0 Å². The summed E-state index contributed by atoms with van der Waals surface area (Å²) >= 11 is 1.36. The van der Waals surface area contributed by atoms with Gasteiger partial charge in [0, 0.05) is 5.39 Å². The van der Waals surface area contributed by atoms with Crippen LogP contribution >= 0.6 is 11.3 Å². The Balaban J connectivity index is 1.88. The Labute approximate surface area is 113 Å². The molecule has 1 aromatic carbocycles. The standard InChI is InChI=1S/C12H12N6S/c1-7-2-3-8-9(4-7)15-6-16-11(8)14-5-10-17-18-12(13)19-10/h2-4,6H,5H2,1H3,(H2,13,18)(H,14,15,16). The van der Waals surface area contributed by atoms with Gasteiger partial charge in [-0.1, -0.05) is 17.4 Å². The molecule has 3 N–H and O–H groups in total. The summed E-state index contributed by atoms with van der Waals surface area (Å²) in [6, 6.07) is 6.09. The number of aromatic nitrogens is 4. The van der Waals surface area contributed by atoms with Crippen LogP contribution in [0.4, 0.5) is 10.9 Å². The summed E-state index contributed by atoms with van der Waals surface area (Å²) in [5.74, 6) is 0.791.